The molecule has 1 atom stereocenters. The molecule has 0 bridgehead atoms. The van der Waals surface area contributed by atoms with Crippen LogP contribution < -0.4 is 28.6 Å². The number of nitrogens with zero attached hydrogens (tertiary/aromatic N) is 1. The second kappa shape index (κ2) is 13.2. The van der Waals surface area contributed by atoms with Crippen molar-refractivity contribution in [3.05, 3.63) is 71.8 Å². The second-order valence-electron chi connectivity index (χ2n) is 8.71. The molecular weight excluding hydrogens is 520 g/mol. The van der Waals surface area contributed by atoms with Crippen molar-refractivity contribution in [1.82, 2.24) is 5.32 Å². The third-order valence-electron chi connectivity index (χ3n) is 6.23. The fourth-order valence-corrected chi connectivity index (χ4v) is 5.64. The molecule has 10 heteroatoms. The van der Waals surface area contributed by atoms with Crippen molar-refractivity contribution in [2.45, 2.75) is 38.1 Å². The molecule has 1 N–H and O–H groups in total. The highest BCUT2D eigenvalue weighted by atomic mass is 32.2. The summed E-state index contributed by atoms with van der Waals surface area (Å²) in [5.74, 6) is 1.55. The van der Waals surface area contributed by atoms with Crippen LogP contribution in [-0.2, 0) is 14.8 Å². The highest BCUT2D eigenvalue weighted by Crippen LogP contribution is 2.33. The Morgan fingerprint density at radius 3 is 2.08 bits per heavy atom. The van der Waals surface area contributed by atoms with E-state index in [1.54, 1.807) is 31.4 Å². The van der Waals surface area contributed by atoms with E-state index in [1.165, 1.54) is 32.4 Å². The van der Waals surface area contributed by atoms with Crippen LogP contribution in [-0.4, -0.2) is 48.8 Å². The van der Waals surface area contributed by atoms with E-state index in [4.69, 9.17) is 18.9 Å². The van der Waals surface area contributed by atoms with Gasteiger partial charge in [-0.25, -0.2) is 8.42 Å². The summed E-state index contributed by atoms with van der Waals surface area (Å²) in [5.41, 5.74) is 2.16. The van der Waals surface area contributed by atoms with Gasteiger partial charge in [-0.2, -0.15) is 0 Å². The van der Waals surface area contributed by atoms with E-state index in [2.05, 4.69) is 5.32 Å². The Kier molecular flexibility index (Phi) is 10.1. The lowest BCUT2D eigenvalue weighted by Crippen LogP contribution is -2.42. The highest BCUT2D eigenvalue weighted by molar-refractivity contribution is 7.92. The normalized spacial score (nSPS) is 11.8. The molecule has 0 spiro atoms. The van der Waals surface area contributed by atoms with Gasteiger partial charge in [-0.1, -0.05) is 19.1 Å². The van der Waals surface area contributed by atoms with Crippen molar-refractivity contribution in [1.29, 1.82) is 0 Å². The number of hydrogen-bond donors (Lipinski definition) is 1. The maximum atomic E-state index is 13.9. The smallest absolute Gasteiger partial charge is 0.264 e. The van der Waals surface area contributed by atoms with Crippen LogP contribution >= 0.6 is 0 Å². The molecule has 39 heavy (non-hydrogen) atoms. The van der Waals surface area contributed by atoms with Gasteiger partial charge in [0.05, 0.1) is 44.6 Å². The van der Waals surface area contributed by atoms with Crippen LogP contribution in [0.25, 0.3) is 0 Å². The zero-order valence-corrected chi connectivity index (χ0v) is 24.0. The number of benzene rings is 3. The first-order valence-corrected chi connectivity index (χ1v) is 14.0. The zero-order valence-electron chi connectivity index (χ0n) is 23.2. The molecule has 0 radical (unpaired) electrons. The van der Waals surface area contributed by atoms with Gasteiger partial charge in [0.1, 0.15) is 18.0 Å². The molecule has 3 aromatic rings. The van der Waals surface area contributed by atoms with Gasteiger partial charge in [0.25, 0.3) is 10.0 Å². The summed E-state index contributed by atoms with van der Waals surface area (Å²) in [7, 11) is 0.329. The summed E-state index contributed by atoms with van der Waals surface area (Å²) in [5, 5.41) is 2.99. The minimum atomic E-state index is -4.18. The number of rotatable bonds is 13. The monoisotopic (exact) mass is 556 g/mol. The van der Waals surface area contributed by atoms with Crippen molar-refractivity contribution in [3.63, 3.8) is 0 Å². The van der Waals surface area contributed by atoms with Crippen molar-refractivity contribution in [2.75, 3.05) is 38.8 Å². The third-order valence-corrected chi connectivity index (χ3v) is 8.00. The molecular formula is C29H36N2O7S. The lowest BCUT2D eigenvalue weighted by atomic mass is 10.0. The van der Waals surface area contributed by atoms with Crippen LogP contribution in [0.15, 0.2) is 65.6 Å². The Labute approximate surface area is 230 Å². The number of anilines is 1. The summed E-state index contributed by atoms with van der Waals surface area (Å²) < 4.78 is 50.3. The van der Waals surface area contributed by atoms with Crippen molar-refractivity contribution >= 4 is 21.6 Å². The number of nitrogens with one attached hydrogen (secondary N) is 1. The average Bonchev–Trinajstić information content (AvgIpc) is 2.94. The number of carbonyl (C=O) groups is 1. The predicted molar refractivity (Wildman–Crippen MR) is 151 cm³/mol. The maximum absolute atomic E-state index is 13.9. The predicted octanol–water partition coefficient (Wildman–Crippen LogP) is 4.88. The number of amides is 1. The van der Waals surface area contributed by atoms with Gasteiger partial charge < -0.3 is 24.3 Å². The number of carbonyl (C=O) groups excluding carboxylic acids is 1. The first-order valence-electron chi connectivity index (χ1n) is 12.6. The van der Waals surface area contributed by atoms with Gasteiger partial charge in [0, 0.05) is 6.07 Å². The second-order valence-corrected chi connectivity index (χ2v) is 10.6. The van der Waals surface area contributed by atoms with Gasteiger partial charge in [-0.05, 0) is 73.9 Å². The van der Waals surface area contributed by atoms with Crippen LogP contribution in [0.2, 0.25) is 0 Å². The summed E-state index contributed by atoms with van der Waals surface area (Å²) in [4.78, 5) is 13.3. The van der Waals surface area contributed by atoms with Crippen LogP contribution in [0.5, 0.6) is 23.0 Å². The van der Waals surface area contributed by atoms with Crippen LogP contribution in [0.4, 0.5) is 5.69 Å². The first-order chi connectivity index (χ1) is 18.7. The number of aryl methyl sites for hydroxylation is 1. The third kappa shape index (κ3) is 6.94. The van der Waals surface area contributed by atoms with Gasteiger partial charge >= 0.3 is 0 Å². The standard InChI is InChI=1S/C29H36N2O7S/c1-7-25(21-9-15-26(35-4)20(3)17-21)30-29(32)19-31(22-10-12-23(13-11-22)38-8-2)39(33,34)24-14-16-27(36-5)28(18-24)37-6/h9-18,25H,7-8,19H2,1-6H3,(H,30,32)/t25-/m0/s1. The number of ether oxygens (including phenoxy) is 4. The van der Waals surface area contributed by atoms with Crippen LogP contribution in [0.3, 0.4) is 0 Å². The fourth-order valence-electron chi connectivity index (χ4n) is 4.20. The Morgan fingerprint density at radius 1 is 0.872 bits per heavy atom. The largest absolute Gasteiger partial charge is 0.496 e. The molecule has 3 aromatic carbocycles. The Hall–Kier alpha value is -3.92. The van der Waals surface area contributed by atoms with E-state index in [9.17, 15) is 13.2 Å². The Bertz CT molecular complexity index is 1370. The topological polar surface area (TPSA) is 103 Å². The molecule has 9 nitrogen and oxygen atoms in total. The fraction of sp³-hybridized carbons (Fsp3) is 0.345. The molecule has 0 saturated heterocycles. The van der Waals surface area contributed by atoms with E-state index < -0.39 is 22.5 Å². The van der Waals surface area contributed by atoms with E-state index in [0.29, 0.717) is 30.2 Å². The van der Waals surface area contributed by atoms with Crippen molar-refractivity contribution in [3.8, 4) is 23.0 Å². The molecule has 1 amide bonds. The van der Waals surface area contributed by atoms with E-state index >= 15 is 0 Å². The zero-order chi connectivity index (χ0) is 28.6. The van der Waals surface area contributed by atoms with Crippen molar-refractivity contribution < 1.29 is 32.2 Å². The molecule has 0 unspecified atom stereocenters. The SMILES string of the molecule is CCOc1ccc(N(CC(=O)N[C@@H](CC)c2ccc(OC)c(C)c2)S(=O)(=O)c2ccc(OC)c(OC)c2)cc1. The molecule has 0 aliphatic rings. The number of sulfonamides is 1. The number of methoxy groups -OCH3 is 3. The highest BCUT2D eigenvalue weighted by Gasteiger charge is 2.29. The summed E-state index contributed by atoms with van der Waals surface area (Å²) >= 11 is 0. The lowest BCUT2D eigenvalue weighted by Gasteiger charge is -2.26. The molecule has 0 aromatic heterocycles. The quantitative estimate of drug-likeness (QED) is 0.320. The molecule has 0 fully saturated rings. The summed E-state index contributed by atoms with van der Waals surface area (Å²) in [6.45, 7) is 5.78. The van der Waals surface area contributed by atoms with E-state index in [-0.39, 0.29) is 16.7 Å². The molecule has 0 aliphatic carbocycles. The van der Waals surface area contributed by atoms with Gasteiger partial charge in [-0.15, -0.1) is 0 Å². The van der Waals surface area contributed by atoms with Gasteiger partial charge in [0.15, 0.2) is 11.5 Å². The maximum Gasteiger partial charge on any atom is 0.264 e. The van der Waals surface area contributed by atoms with Crippen LogP contribution in [0.1, 0.15) is 37.4 Å². The van der Waals surface area contributed by atoms with Gasteiger partial charge in [-0.3, -0.25) is 9.10 Å². The molecule has 210 valence electrons. The van der Waals surface area contributed by atoms with E-state index in [1.807, 2.05) is 39.0 Å². The van der Waals surface area contributed by atoms with Crippen LogP contribution in [0, 0.1) is 6.92 Å². The first kappa shape index (κ1) is 29.6. The summed E-state index contributed by atoms with van der Waals surface area (Å²) in [6.07, 6.45) is 0.614. The summed E-state index contributed by atoms with van der Waals surface area (Å²) in [6, 6.07) is 16.3. The minimum absolute atomic E-state index is 0.0420. The Morgan fingerprint density at radius 2 is 1.51 bits per heavy atom. The number of hydrogen-bond acceptors (Lipinski definition) is 7. The van der Waals surface area contributed by atoms with Crippen molar-refractivity contribution in [2.24, 2.45) is 0 Å². The minimum Gasteiger partial charge on any atom is -0.496 e. The molecule has 0 heterocycles. The van der Waals surface area contributed by atoms with E-state index in [0.717, 1.165) is 21.2 Å². The molecule has 3 rings (SSSR count). The molecule has 0 saturated carbocycles. The van der Waals surface area contributed by atoms with Gasteiger partial charge in [0.2, 0.25) is 5.91 Å². The average molecular weight is 557 g/mol. The lowest BCUT2D eigenvalue weighted by molar-refractivity contribution is -0.120. The Balaban J connectivity index is 1.96. The molecule has 0 aliphatic heterocycles.